The molecule has 0 saturated carbocycles. The van der Waals surface area contributed by atoms with Crippen molar-refractivity contribution in [1.29, 1.82) is 0 Å². The van der Waals surface area contributed by atoms with Crippen LogP contribution in [0.2, 0.25) is 0 Å². The van der Waals surface area contributed by atoms with Gasteiger partial charge < -0.3 is 4.74 Å². The van der Waals surface area contributed by atoms with E-state index in [1.807, 2.05) is 60.7 Å². The summed E-state index contributed by atoms with van der Waals surface area (Å²) in [5.74, 6) is 0.184. The van der Waals surface area contributed by atoms with Gasteiger partial charge in [0.25, 0.3) is 0 Å². The van der Waals surface area contributed by atoms with Crippen molar-refractivity contribution in [2.24, 2.45) is 0 Å². The topological polar surface area (TPSA) is 43.4 Å². The highest BCUT2D eigenvalue weighted by molar-refractivity contribution is 7.49. The number of fused-ring (bicyclic) bond motifs is 2. The zero-order valence-electron chi connectivity index (χ0n) is 13.6. The van der Waals surface area contributed by atoms with E-state index in [1.165, 1.54) is 6.92 Å². The molecule has 0 atom stereocenters. The van der Waals surface area contributed by atoms with Crippen LogP contribution in [-0.2, 0) is 4.79 Å². The number of ether oxygens (including phenoxy) is 1. The van der Waals surface area contributed by atoms with Crippen LogP contribution in [-0.4, -0.2) is 5.97 Å². The Morgan fingerprint density at radius 1 is 0.800 bits per heavy atom. The fraction of sp³-hybridized carbons (Fsp3) is 0.0476. The quantitative estimate of drug-likeness (QED) is 0.221. The van der Waals surface area contributed by atoms with Crippen LogP contribution in [0.25, 0.3) is 25.1 Å². The smallest absolute Gasteiger partial charge is 0.308 e. The number of hydrogen-bond donors (Lipinski definition) is 0. The molecule has 1 aromatic heterocycles. The largest absolute Gasteiger partial charge is 0.427 e. The summed E-state index contributed by atoms with van der Waals surface area (Å²) < 4.78 is 7.19. The lowest BCUT2D eigenvalue weighted by Gasteiger charge is -2.04. The summed E-state index contributed by atoms with van der Waals surface area (Å²) in [6.45, 7) is 1.38. The van der Waals surface area contributed by atoms with Crippen LogP contribution >= 0.6 is 10.5 Å². The lowest BCUT2D eigenvalue weighted by molar-refractivity contribution is -0.131. The van der Waals surface area contributed by atoms with Gasteiger partial charge in [-0.25, -0.2) is 0 Å². The number of carbonyl (C=O) groups is 1. The van der Waals surface area contributed by atoms with Gasteiger partial charge in [-0.3, -0.25) is 9.59 Å². The van der Waals surface area contributed by atoms with E-state index in [0.29, 0.717) is 5.75 Å². The second kappa shape index (κ2) is 6.15. The van der Waals surface area contributed by atoms with Gasteiger partial charge in [-0.1, -0.05) is 24.3 Å². The normalized spacial score (nSPS) is 10.9. The molecule has 0 bridgehead atoms. The molecule has 4 rings (SSSR count). The fourth-order valence-corrected chi connectivity index (χ4v) is 5.34. The minimum Gasteiger partial charge on any atom is -0.427 e. The van der Waals surface area contributed by atoms with Crippen molar-refractivity contribution in [3.63, 3.8) is 0 Å². The third kappa shape index (κ3) is 2.71. The first-order valence-electron chi connectivity index (χ1n) is 7.90. The Morgan fingerprint density at radius 3 is 1.84 bits per heavy atom. The minimum absolute atomic E-state index is 0.0754. The predicted molar refractivity (Wildman–Crippen MR) is 103 cm³/mol. The molecule has 0 fully saturated rings. The summed E-state index contributed by atoms with van der Waals surface area (Å²) in [6, 6.07) is 23.1. The summed E-state index contributed by atoms with van der Waals surface area (Å²) in [7, 11) is -0.361. The predicted octanol–water partition coefficient (Wildman–Crippen LogP) is 5.02. The van der Waals surface area contributed by atoms with Crippen molar-refractivity contribution >= 4 is 36.6 Å². The molecule has 4 heteroatoms. The molecule has 3 nitrogen and oxygen atoms in total. The zero-order valence-corrected chi connectivity index (χ0v) is 14.4. The SMILES string of the molecule is CC(=O)Oc1ccc(-[s+]2c3ccccc3c(=O)c3ccccc32)cc1. The van der Waals surface area contributed by atoms with E-state index in [-0.39, 0.29) is 21.9 Å². The van der Waals surface area contributed by atoms with E-state index in [9.17, 15) is 9.59 Å². The van der Waals surface area contributed by atoms with Gasteiger partial charge in [0, 0.05) is 29.5 Å². The van der Waals surface area contributed by atoms with Gasteiger partial charge in [-0.15, -0.1) is 0 Å². The van der Waals surface area contributed by atoms with Crippen molar-refractivity contribution in [3.05, 3.63) is 83.0 Å². The Bertz CT molecular complexity index is 1100. The van der Waals surface area contributed by atoms with Crippen LogP contribution in [0.15, 0.2) is 77.6 Å². The molecule has 0 spiro atoms. The summed E-state index contributed by atoms with van der Waals surface area (Å²) in [5, 5.41) is 1.52. The third-order valence-electron chi connectivity index (χ3n) is 4.02. The molecule has 0 aliphatic heterocycles. The molecule has 122 valence electrons. The standard InChI is InChI=1S/C21H15O3S/c1-14(22)24-15-10-12-16(13-11-15)25-19-8-4-2-6-17(19)21(23)18-7-3-5-9-20(18)25/h2-13H,1H3/q+1. The van der Waals surface area contributed by atoms with Gasteiger partial charge >= 0.3 is 5.97 Å². The Hall–Kier alpha value is -2.98. The summed E-state index contributed by atoms with van der Waals surface area (Å²) in [6.07, 6.45) is 0. The molecule has 0 aliphatic carbocycles. The average Bonchev–Trinajstić information content (AvgIpc) is 2.63. The van der Waals surface area contributed by atoms with Gasteiger partial charge in [-0.2, -0.15) is 0 Å². The molecule has 0 radical (unpaired) electrons. The summed E-state index contributed by atoms with van der Waals surface area (Å²) in [5.41, 5.74) is 0.0754. The highest BCUT2D eigenvalue weighted by atomic mass is 32.2. The summed E-state index contributed by atoms with van der Waals surface area (Å²) >= 11 is 0. The molecule has 1 heterocycles. The highest BCUT2D eigenvalue weighted by Crippen LogP contribution is 2.43. The Morgan fingerprint density at radius 2 is 1.32 bits per heavy atom. The molecule has 4 aromatic rings. The molecule has 0 aliphatic rings. The van der Waals surface area contributed by atoms with E-state index in [0.717, 1.165) is 25.1 Å². The molecule has 0 amide bonds. The van der Waals surface area contributed by atoms with Gasteiger partial charge in [0.15, 0.2) is 14.3 Å². The second-order valence-electron chi connectivity index (χ2n) is 5.69. The van der Waals surface area contributed by atoms with Crippen molar-refractivity contribution in [2.45, 2.75) is 6.92 Å². The van der Waals surface area contributed by atoms with Gasteiger partial charge in [0.2, 0.25) is 5.43 Å². The monoisotopic (exact) mass is 347 g/mol. The lowest BCUT2D eigenvalue weighted by atomic mass is 10.2. The molecular formula is C21H15O3S+. The van der Waals surface area contributed by atoms with Crippen LogP contribution in [0.5, 0.6) is 5.75 Å². The van der Waals surface area contributed by atoms with E-state index >= 15 is 0 Å². The van der Waals surface area contributed by atoms with Crippen LogP contribution in [0.1, 0.15) is 6.92 Å². The Labute approximate surface area is 147 Å². The molecule has 3 aromatic carbocycles. The van der Waals surface area contributed by atoms with Crippen molar-refractivity contribution < 1.29 is 9.53 Å². The lowest BCUT2D eigenvalue weighted by Crippen LogP contribution is -2.02. The highest BCUT2D eigenvalue weighted by Gasteiger charge is 2.22. The first kappa shape index (κ1) is 15.5. The second-order valence-corrected chi connectivity index (χ2v) is 7.66. The Balaban J connectivity index is 2.04. The zero-order chi connectivity index (χ0) is 17.4. The van der Waals surface area contributed by atoms with Gasteiger partial charge in [-0.05, 0) is 36.4 Å². The van der Waals surface area contributed by atoms with E-state index in [1.54, 1.807) is 12.1 Å². The maximum absolute atomic E-state index is 12.8. The number of carbonyl (C=O) groups excluding carboxylic acids is 1. The fourth-order valence-electron chi connectivity index (χ4n) is 2.99. The first-order chi connectivity index (χ1) is 12.1. The number of esters is 1. The maximum Gasteiger partial charge on any atom is 0.308 e. The molecule has 0 unspecified atom stereocenters. The van der Waals surface area contributed by atoms with Crippen LogP contribution in [0, 0.1) is 0 Å². The van der Waals surface area contributed by atoms with Crippen molar-refractivity contribution in [1.82, 2.24) is 0 Å². The van der Waals surface area contributed by atoms with Gasteiger partial charge in [0.05, 0.1) is 10.8 Å². The number of benzene rings is 3. The van der Waals surface area contributed by atoms with Gasteiger partial charge in [0.1, 0.15) is 5.75 Å². The first-order valence-corrected chi connectivity index (χ1v) is 9.13. The van der Waals surface area contributed by atoms with E-state index < -0.39 is 0 Å². The van der Waals surface area contributed by atoms with Crippen LogP contribution in [0.3, 0.4) is 0 Å². The minimum atomic E-state index is -0.361. The molecule has 25 heavy (non-hydrogen) atoms. The molecule has 0 saturated heterocycles. The Kier molecular flexibility index (Phi) is 3.82. The molecular weight excluding hydrogens is 332 g/mol. The summed E-state index contributed by atoms with van der Waals surface area (Å²) in [4.78, 5) is 25.0. The van der Waals surface area contributed by atoms with E-state index in [2.05, 4.69) is 0 Å². The van der Waals surface area contributed by atoms with Crippen LogP contribution < -0.4 is 10.2 Å². The van der Waals surface area contributed by atoms with Crippen LogP contribution in [0.4, 0.5) is 0 Å². The maximum atomic E-state index is 12.8. The van der Waals surface area contributed by atoms with Crippen molar-refractivity contribution in [2.75, 3.05) is 0 Å². The van der Waals surface area contributed by atoms with Crippen molar-refractivity contribution in [3.8, 4) is 10.6 Å². The molecule has 0 N–H and O–H groups in total. The van der Waals surface area contributed by atoms with E-state index in [4.69, 9.17) is 4.74 Å². The number of rotatable bonds is 2. The average molecular weight is 347 g/mol. The third-order valence-corrected chi connectivity index (χ3v) is 6.36. The number of hydrogen-bond acceptors (Lipinski definition) is 3.